The molecule has 5 heteroatoms. The van der Waals surface area contributed by atoms with Crippen LogP contribution in [0.15, 0.2) is 22.7 Å². The second kappa shape index (κ2) is 9.64. The Balaban J connectivity index is 2.42. The van der Waals surface area contributed by atoms with Gasteiger partial charge in [0.05, 0.1) is 0 Å². The minimum atomic E-state index is 0.177. The first-order valence-electron chi connectivity index (χ1n) is 6.59. The van der Waals surface area contributed by atoms with E-state index in [-0.39, 0.29) is 12.6 Å². The third-order valence-corrected chi connectivity index (χ3v) is 4.42. The van der Waals surface area contributed by atoms with Crippen molar-refractivity contribution in [2.75, 3.05) is 24.7 Å². The summed E-state index contributed by atoms with van der Waals surface area (Å²) < 4.78 is 0.984. The molecule has 0 fully saturated rings. The second-order valence-corrected chi connectivity index (χ2v) is 6.45. The molecular weight excluding hydrogens is 326 g/mol. The zero-order chi connectivity index (χ0) is 14.1. The van der Waals surface area contributed by atoms with E-state index in [1.807, 2.05) is 23.9 Å². The van der Waals surface area contributed by atoms with Gasteiger partial charge in [0.2, 0.25) is 0 Å². The zero-order valence-corrected chi connectivity index (χ0v) is 13.6. The number of benzene rings is 1. The molecule has 108 valence electrons. The highest BCUT2D eigenvalue weighted by molar-refractivity contribution is 9.10. The monoisotopic (exact) mass is 347 g/mol. The Bertz CT molecular complexity index is 376. The molecule has 1 aromatic rings. The number of halogens is 1. The van der Waals surface area contributed by atoms with Crippen molar-refractivity contribution in [1.82, 2.24) is 5.32 Å². The molecule has 0 aliphatic heterocycles. The van der Waals surface area contributed by atoms with Crippen molar-refractivity contribution >= 4 is 27.7 Å². The Morgan fingerprint density at radius 2 is 2.16 bits per heavy atom. The summed E-state index contributed by atoms with van der Waals surface area (Å²) in [6, 6.07) is 5.71. The van der Waals surface area contributed by atoms with Gasteiger partial charge < -0.3 is 15.5 Å². The molecule has 3 N–H and O–H groups in total. The maximum atomic E-state index is 9.92. The van der Waals surface area contributed by atoms with Gasteiger partial charge in [0.15, 0.2) is 0 Å². The predicted molar refractivity (Wildman–Crippen MR) is 85.9 cm³/mol. The van der Waals surface area contributed by atoms with Crippen LogP contribution >= 0.6 is 27.7 Å². The van der Waals surface area contributed by atoms with Gasteiger partial charge in [0, 0.05) is 35.0 Å². The molecule has 0 aliphatic rings. The Morgan fingerprint density at radius 1 is 1.37 bits per heavy atom. The molecule has 0 bridgehead atoms. The van der Waals surface area contributed by atoms with E-state index in [0.717, 1.165) is 40.9 Å². The number of rotatable bonds is 9. The first-order valence-corrected chi connectivity index (χ1v) is 8.54. The Hall–Kier alpha value is -0.230. The van der Waals surface area contributed by atoms with Crippen LogP contribution in [0.25, 0.3) is 0 Å². The average molecular weight is 348 g/mol. The van der Waals surface area contributed by atoms with Crippen LogP contribution in [-0.2, 0) is 0 Å². The third kappa shape index (κ3) is 6.17. The lowest BCUT2D eigenvalue weighted by molar-refractivity contribution is 0.296. The highest BCUT2D eigenvalue weighted by atomic mass is 79.9. The summed E-state index contributed by atoms with van der Waals surface area (Å²) in [5.41, 5.74) is 0.942. The van der Waals surface area contributed by atoms with Gasteiger partial charge in [-0.05, 0) is 36.8 Å². The molecule has 0 aromatic heterocycles. The summed E-state index contributed by atoms with van der Waals surface area (Å²) in [5.74, 6) is 2.36. The zero-order valence-electron chi connectivity index (χ0n) is 11.2. The number of hydrogen-bond donors (Lipinski definition) is 3. The molecule has 1 aromatic carbocycles. The molecule has 1 atom stereocenters. The van der Waals surface area contributed by atoms with E-state index in [2.05, 4.69) is 28.2 Å². The van der Waals surface area contributed by atoms with E-state index in [9.17, 15) is 5.11 Å². The second-order valence-electron chi connectivity index (χ2n) is 4.31. The fraction of sp³-hybridized carbons (Fsp3) is 0.571. The molecule has 0 radical (unpaired) electrons. The number of aliphatic hydroxyl groups excluding tert-OH is 1. The molecular formula is C14H22BrNO2S. The Labute approximate surface area is 127 Å². The minimum Gasteiger partial charge on any atom is -0.508 e. The SMILES string of the molecule is CCC(NCCSCCCO)c1cc(Br)ccc1O. The van der Waals surface area contributed by atoms with Gasteiger partial charge in [0.1, 0.15) is 5.75 Å². The normalized spacial score (nSPS) is 12.6. The number of nitrogens with one attached hydrogen (secondary N) is 1. The maximum absolute atomic E-state index is 9.92. The van der Waals surface area contributed by atoms with Gasteiger partial charge >= 0.3 is 0 Å². The van der Waals surface area contributed by atoms with Crippen LogP contribution in [0, 0.1) is 0 Å². The maximum Gasteiger partial charge on any atom is 0.120 e. The predicted octanol–water partition coefficient (Wildman–Crippen LogP) is 3.31. The number of aliphatic hydroxyl groups is 1. The summed E-state index contributed by atoms with van der Waals surface area (Å²) in [6.45, 7) is 3.28. The van der Waals surface area contributed by atoms with Crippen LogP contribution in [0.3, 0.4) is 0 Å². The van der Waals surface area contributed by atoms with Crippen molar-refractivity contribution in [1.29, 1.82) is 0 Å². The van der Waals surface area contributed by atoms with Gasteiger partial charge in [-0.1, -0.05) is 22.9 Å². The van der Waals surface area contributed by atoms with Gasteiger partial charge in [-0.2, -0.15) is 11.8 Å². The highest BCUT2D eigenvalue weighted by Gasteiger charge is 2.13. The van der Waals surface area contributed by atoms with E-state index in [1.165, 1.54) is 0 Å². The summed E-state index contributed by atoms with van der Waals surface area (Å²) in [6.07, 6.45) is 1.79. The van der Waals surface area contributed by atoms with E-state index >= 15 is 0 Å². The lowest BCUT2D eigenvalue weighted by Crippen LogP contribution is -2.23. The molecule has 0 aliphatic carbocycles. The average Bonchev–Trinajstić information content (AvgIpc) is 2.41. The lowest BCUT2D eigenvalue weighted by Gasteiger charge is -2.18. The molecule has 0 spiro atoms. The fourth-order valence-electron chi connectivity index (χ4n) is 1.85. The van der Waals surface area contributed by atoms with E-state index in [4.69, 9.17) is 5.11 Å². The van der Waals surface area contributed by atoms with Crippen LogP contribution < -0.4 is 5.32 Å². The van der Waals surface area contributed by atoms with Crippen LogP contribution in [0.5, 0.6) is 5.75 Å². The Kier molecular flexibility index (Phi) is 8.53. The molecule has 0 heterocycles. The molecule has 3 nitrogen and oxygen atoms in total. The van der Waals surface area contributed by atoms with Gasteiger partial charge in [0.25, 0.3) is 0 Å². The van der Waals surface area contributed by atoms with Crippen molar-refractivity contribution in [2.45, 2.75) is 25.8 Å². The van der Waals surface area contributed by atoms with Gasteiger partial charge in [-0.25, -0.2) is 0 Å². The van der Waals surface area contributed by atoms with Crippen molar-refractivity contribution in [3.8, 4) is 5.75 Å². The lowest BCUT2D eigenvalue weighted by atomic mass is 10.0. The molecule has 1 rings (SSSR count). The van der Waals surface area contributed by atoms with Crippen LogP contribution in [0.2, 0.25) is 0 Å². The summed E-state index contributed by atoms with van der Waals surface area (Å²) in [7, 11) is 0. The summed E-state index contributed by atoms with van der Waals surface area (Å²) >= 11 is 5.28. The number of phenolic OH excluding ortho intramolecular Hbond substituents is 1. The summed E-state index contributed by atoms with van der Waals surface area (Å²) in [5, 5.41) is 22.1. The topological polar surface area (TPSA) is 52.5 Å². The van der Waals surface area contributed by atoms with Crippen LogP contribution in [-0.4, -0.2) is 34.9 Å². The van der Waals surface area contributed by atoms with E-state index < -0.39 is 0 Å². The number of phenols is 1. The number of thioether (sulfide) groups is 1. The standard InChI is InChI=1S/C14H22BrNO2S/c1-2-13(16-6-9-19-8-3-7-17)12-10-11(15)4-5-14(12)18/h4-5,10,13,16-18H,2-3,6-9H2,1H3. The van der Waals surface area contributed by atoms with Crippen LogP contribution in [0.1, 0.15) is 31.4 Å². The van der Waals surface area contributed by atoms with Gasteiger partial charge in [-0.15, -0.1) is 0 Å². The van der Waals surface area contributed by atoms with Crippen molar-refractivity contribution in [3.05, 3.63) is 28.2 Å². The first-order chi connectivity index (χ1) is 9.19. The van der Waals surface area contributed by atoms with E-state index in [1.54, 1.807) is 6.07 Å². The first kappa shape index (κ1) is 16.8. The van der Waals surface area contributed by atoms with Crippen molar-refractivity contribution in [2.24, 2.45) is 0 Å². The van der Waals surface area contributed by atoms with Gasteiger partial charge in [-0.3, -0.25) is 0 Å². The molecule has 19 heavy (non-hydrogen) atoms. The largest absolute Gasteiger partial charge is 0.508 e. The van der Waals surface area contributed by atoms with E-state index in [0.29, 0.717) is 5.75 Å². The minimum absolute atomic E-state index is 0.177. The Morgan fingerprint density at radius 3 is 2.84 bits per heavy atom. The fourth-order valence-corrected chi connectivity index (χ4v) is 3.03. The smallest absolute Gasteiger partial charge is 0.120 e. The molecule has 1 unspecified atom stereocenters. The third-order valence-electron chi connectivity index (χ3n) is 2.86. The molecule has 0 saturated carbocycles. The molecule has 0 amide bonds. The number of hydrogen-bond acceptors (Lipinski definition) is 4. The summed E-state index contributed by atoms with van der Waals surface area (Å²) in [4.78, 5) is 0. The number of aromatic hydroxyl groups is 1. The van der Waals surface area contributed by atoms with Crippen LogP contribution in [0.4, 0.5) is 0 Å². The molecule has 0 saturated heterocycles. The van der Waals surface area contributed by atoms with Crippen molar-refractivity contribution in [3.63, 3.8) is 0 Å². The van der Waals surface area contributed by atoms with Crippen molar-refractivity contribution < 1.29 is 10.2 Å². The highest BCUT2D eigenvalue weighted by Crippen LogP contribution is 2.29. The quantitative estimate of drug-likeness (QED) is 0.600.